The van der Waals surface area contributed by atoms with Crippen LogP contribution in [-0.2, 0) is 19.9 Å². The van der Waals surface area contributed by atoms with Crippen molar-refractivity contribution in [2.75, 3.05) is 13.6 Å². The van der Waals surface area contributed by atoms with E-state index in [-0.39, 0.29) is 17.9 Å². The summed E-state index contributed by atoms with van der Waals surface area (Å²) in [6.45, 7) is 2.64. The number of ether oxygens (including phenoxy) is 2. The van der Waals surface area contributed by atoms with Gasteiger partial charge in [0.05, 0.1) is 18.6 Å². The van der Waals surface area contributed by atoms with Gasteiger partial charge in [-0.2, -0.15) is 0 Å². The van der Waals surface area contributed by atoms with Crippen molar-refractivity contribution in [3.63, 3.8) is 0 Å². The summed E-state index contributed by atoms with van der Waals surface area (Å²) >= 11 is 0. The highest BCUT2D eigenvalue weighted by molar-refractivity contribution is 5.98. The van der Waals surface area contributed by atoms with E-state index in [1.165, 1.54) is 0 Å². The zero-order valence-corrected chi connectivity index (χ0v) is 19.3. The summed E-state index contributed by atoms with van der Waals surface area (Å²) in [7, 11) is 1.86. The second kappa shape index (κ2) is 12.3. The largest absolute Gasteiger partial charge is 0.354 e. The van der Waals surface area contributed by atoms with E-state index in [9.17, 15) is 9.59 Å². The lowest BCUT2D eigenvalue weighted by Crippen LogP contribution is -2.35. The molecule has 1 saturated heterocycles. The summed E-state index contributed by atoms with van der Waals surface area (Å²) in [4.78, 5) is 23.6. The first-order chi connectivity index (χ1) is 16.1. The fourth-order valence-electron chi connectivity index (χ4n) is 4.02. The first-order valence-corrected chi connectivity index (χ1v) is 11.4. The van der Waals surface area contributed by atoms with Crippen LogP contribution in [0.15, 0.2) is 72.9 Å². The third-order valence-electron chi connectivity index (χ3n) is 6.00. The van der Waals surface area contributed by atoms with E-state index >= 15 is 0 Å². The number of nitrogens with one attached hydrogen (secondary N) is 2. The van der Waals surface area contributed by atoms with Crippen molar-refractivity contribution in [3.05, 3.63) is 90.5 Å². The molecule has 0 spiro atoms. The zero-order chi connectivity index (χ0) is 23.5. The van der Waals surface area contributed by atoms with Crippen LogP contribution in [0.4, 0.5) is 0 Å². The number of hydrogen-bond acceptors (Lipinski definition) is 6. The average molecular weight is 450 g/mol. The van der Waals surface area contributed by atoms with Gasteiger partial charge in [0.1, 0.15) is 18.3 Å². The molecular formula is C27H33N2O4+. The average Bonchev–Trinajstić information content (AvgIpc) is 3.20. The van der Waals surface area contributed by atoms with Crippen molar-refractivity contribution in [2.45, 2.75) is 50.2 Å². The Bertz CT molecular complexity index is 903. The highest BCUT2D eigenvalue weighted by Crippen LogP contribution is 2.42. The molecule has 0 amide bonds. The van der Waals surface area contributed by atoms with Crippen LogP contribution in [0.25, 0.3) is 0 Å². The number of rotatable bonds is 13. The van der Waals surface area contributed by atoms with Gasteiger partial charge in [-0.1, -0.05) is 66.7 Å². The van der Waals surface area contributed by atoms with Crippen LogP contribution in [-0.4, -0.2) is 44.1 Å². The lowest BCUT2D eigenvalue weighted by atomic mass is 9.86. The molecule has 4 atom stereocenters. The van der Waals surface area contributed by atoms with Crippen LogP contribution >= 0.6 is 0 Å². The molecule has 0 saturated carbocycles. The van der Waals surface area contributed by atoms with Gasteiger partial charge in [0.2, 0.25) is 12.1 Å². The number of benzene rings is 2. The lowest BCUT2D eigenvalue weighted by molar-refractivity contribution is -0.108. The second-order valence-electron chi connectivity index (χ2n) is 8.14. The van der Waals surface area contributed by atoms with Crippen molar-refractivity contribution in [2.24, 2.45) is 0 Å². The molecule has 2 N–H and O–H groups in total. The maximum absolute atomic E-state index is 13.0. The molecule has 0 radical (unpaired) electrons. The normalized spacial score (nSPS) is 23.3. The summed E-state index contributed by atoms with van der Waals surface area (Å²) in [5, 5.41) is 6.39. The van der Waals surface area contributed by atoms with Gasteiger partial charge in [0.25, 0.3) is 0 Å². The Morgan fingerprint density at radius 3 is 2.52 bits per heavy atom. The molecule has 1 aliphatic heterocycles. The Labute approximate surface area is 196 Å². The first kappa shape index (κ1) is 24.7. The minimum atomic E-state index is -0.950. The number of carbonyl (C=O) groups is 2. The second-order valence-corrected chi connectivity index (χ2v) is 8.14. The predicted octanol–water partition coefficient (Wildman–Crippen LogP) is 3.79. The summed E-state index contributed by atoms with van der Waals surface area (Å²) in [6.07, 6.45) is 7.55. The minimum absolute atomic E-state index is 0.165. The van der Waals surface area contributed by atoms with Crippen molar-refractivity contribution in [3.8, 4) is 0 Å². The Morgan fingerprint density at radius 1 is 1.15 bits per heavy atom. The Hall–Kier alpha value is -2.93. The molecule has 2 aromatic carbocycles. The molecule has 33 heavy (non-hydrogen) atoms. The number of aldehydes is 1. The zero-order valence-electron chi connectivity index (χ0n) is 19.3. The van der Waals surface area contributed by atoms with Crippen LogP contribution in [0.3, 0.4) is 0 Å². The Morgan fingerprint density at radius 2 is 1.85 bits per heavy atom. The maximum atomic E-state index is 13.0. The van der Waals surface area contributed by atoms with Gasteiger partial charge < -0.3 is 24.9 Å². The minimum Gasteiger partial charge on any atom is -0.354 e. The van der Waals surface area contributed by atoms with E-state index in [2.05, 4.69) is 17.1 Å². The lowest BCUT2D eigenvalue weighted by Gasteiger charge is -2.30. The first-order valence-electron chi connectivity index (χ1n) is 11.4. The molecule has 2 aromatic rings. The summed E-state index contributed by atoms with van der Waals surface area (Å²) in [5.74, 6) is -0.175. The number of hydrogen-bond donors (Lipinski definition) is 2. The van der Waals surface area contributed by atoms with Gasteiger partial charge in [0, 0.05) is 18.4 Å². The van der Waals surface area contributed by atoms with E-state index in [4.69, 9.17) is 9.47 Å². The van der Waals surface area contributed by atoms with Gasteiger partial charge in [0.15, 0.2) is 6.54 Å². The summed E-state index contributed by atoms with van der Waals surface area (Å²) in [5.41, 5.74) is 0.781. The fraction of sp³-hybridized carbons (Fsp3) is 0.370. The molecule has 6 heteroatoms. The fourth-order valence-corrected chi connectivity index (χ4v) is 4.02. The van der Waals surface area contributed by atoms with E-state index in [1.54, 1.807) is 12.1 Å². The van der Waals surface area contributed by atoms with E-state index in [0.717, 1.165) is 18.3 Å². The van der Waals surface area contributed by atoms with Crippen molar-refractivity contribution in [1.29, 1.82) is 0 Å². The van der Waals surface area contributed by atoms with E-state index < -0.39 is 11.9 Å². The van der Waals surface area contributed by atoms with Gasteiger partial charge >= 0.3 is 0 Å². The Balaban J connectivity index is 1.64. The van der Waals surface area contributed by atoms with Crippen LogP contribution in [0.5, 0.6) is 0 Å². The molecule has 4 unspecified atom stereocenters. The smallest absolute Gasteiger partial charge is 0.223 e. The third kappa shape index (κ3) is 6.32. The molecule has 0 bridgehead atoms. The van der Waals surface area contributed by atoms with Crippen LogP contribution < -0.4 is 10.6 Å². The van der Waals surface area contributed by atoms with E-state index in [1.807, 2.05) is 74.8 Å². The van der Waals surface area contributed by atoms with Crippen molar-refractivity contribution >= 4 is 12.1 Å². The van der Waals surface area contributed by atoms with Crippen LogP contribution in [0.2, 0.25) is 0 Å². The third-order valence-corrected chi connectivity index (χ3v) is 6.00. The molecule has 1 fully saturated rings. The highest BCUT2D eigenvalue weighted by Gasteiger charge is 2.50. The number of ketones is 1. The molecule has 174 valence electrons. The van der Waals surface area contributed by atoms with Crippen molar-refractivity contribution in [1.82, 2.24) is 10.6 Å². The number of Topliss-reactive ketones (excluding diaryl/α,β-unsaturated/α-hetero) is 1. The van der Waals surface area contributed by atoms with Crippen LogP contribution in [0.1, 0.15) is 42.1 Å². The molecule has 1 aliphatic rings. The predicted molar refractivity (Wildman–Crippen MR) is 129 cm³/mol. The van der Waals surface area contributed by atoms with E-state index in [0.29, 0.717) is 24.9 Å². The van der Waals surface area contributed by atoms with Gasteiger partial charge in [-0.05, 0) is 25.7 Å². The molecule has 1 heterocycles. The topological polar surface area (TPSA) is 76.7 Å². The van der Waals surface area contributed by atoms with Gasteiger partial charge in [-0.3, -0.25) is 4.79 Å². The summed E-state index contributed by atoms with van der Waals surface area (Å²) in [6, 6.07) is 19.2. The van der Waals surface area contributed by atoms with Crippen molar-refractivity contribution < 1.29 is 19.1 Å². The monoisotopic (exact) mass is 449 g/mol. The number of carbonyl (C=O) groups excluding carboxylic acids is 2. The van der Waals surface area contributed by atoms with Crippen LogP contribution in [0, 0.1) is 6.42 Å². The standard InChI is InChI=1S/C27H33N2O4/c1-21-27(23-13-7-4-8-14-23,17-10-19-29-18-9-15-24(28-2)16-20-30)33-26(32-21)25(31)22-11-5-3-6-12-22/h3-14,19-21,24,26,28-29H,15-18H2,1-2H3/q+1/b19-10-. The SMILES string of the molecule is CNC(CC=O)C[CH+]CN/C=C\CC1(c2ccccc2)OC(C(=O)c2ccccc2)OC1C. The molecule has 0 aromatic heterocycles. The molecule has 6 nitrogen and oxygen atoms in total. The molecule has 3 rings (SSSR count). The van der Waals surface area contributed by atoms with Gasteiger partial charge in [-0.25, -0.2) is 0 Å². The highest BCUT2D eigenvalue weighted by atomic mass is 16.7. The summed E-state index contributed by atoms with van der Waals surface area (Å²) < 4.78 is 12.4. The molecule has 0 aliphatic carbocycles. The quantitative estimate of drug-likeness (QED) is 0.210. The Kier molecular flexibility index (Phi) is 9.24. The van der Waals surface area contributed by atoms with Gasteiger partial charge in [-0.15, -0.1) is 0 Å². The molecular weight excluding hydrogens is 416 g/mol. The maximum Gasteiger partial charge on any atom is 0.223 e.